The Labute approximate surface area is 109 Å². The van der Waals surface area contributed by atoms with Crippen molar-refractivity contribution in [2.24, 2.45) is 0 Å². The van der Waals surface area contributed by atoms with Gasteiger partial charge < -0.3 is 5.11 Å². The zero-order valence-corrected chi connectivity index (χ0v) is 11.0. The third-order valence-electron chi connectivity index (χ3n) is 3.02. The minimum atomic E-state index is -0.723. The summed E-state index contributed by atoms with van der Waals surface area (Å²) in [5, 5.41) is 9.86. The van der Waals surface area contributed by atoms with Crippen LogP contribution in [-0.2, 0) is 11.3 Å². The van der Waals surface area contributed by atoms with Gasteiger partial charge in [0.05, 0.1) is 19.2 Å². The summed E-state index contributed by atoms with van der Waals surface area (Å²) >= 11 is 7.31. The Morgan fingerprint density at radius 2 is 2.47 bits per heavy atom. The Bertz CT molecular complexity index is 397. The molecule has 1 N–H and O–H groups in total. The minimum absolute atomic E-state index is 0.143. The molecule has 0 spiro atoms. The fraction of sp³-hybridized carbons (Fsp3) is 0.636. The molecular formula is C11H15ClN2O2S. The molecule has 6 heteroatoms. The summed E-state index contributed by atoms with van der Waals surface area (Å²) in [4.78, 5) is 17.2. The summed E-state index contributed by atoms with van der Waals surface area (Å²) in [5.41, 5.74) is 0. The maximum absolute atomic E-state index is 10.8. The number of piperidine rings is 1. The van der Waals surface area contributed by atoms with Gasteiger partial charge in [-0.25, -0.2) is 4.98 Å². The summed E-state index contributed by atoms with van der Waals surface area (Å²) in [7, 11) is 0. The van der Waals surface area contributed by atoms with E-state index < -0.39 is 5.97 Å². The number of hydrogen-bond acceptors (Lipinski definition) is 4. The van der Waals surface area contributed by atoms with Crippen LogP contribution in [0, 0.1) is 0 Å². The van der Waals surface area contributed by atoms with Crippen LogP contribution in [0.4, 0.5) is 0 Å². The van der Waals surface area contributed by atoms with Gasteiger partial charge in [-0.15, -0.1) is 11.3 Å². The number of halogens is 1. The molecule has 1 fully saturated rings. The number of rotatable bonds is 4. The Hall–Kier alpha value is -0.650. The number of carboxylic acids is 1. The van der Waals surface area contributed by atoms with Gasteiger partial charge in [0, 0.05) is 6.04 Å². The first-order chi connectivity index (χ1) is 8.15. The Balaban J connectivity index is 1.98. The van der Waals surface area contributed by atoms with Crippen LogP contribution in [0.5, 0.6) is 0 Å². The summed E-state index contributed by atoms with van der Waals surface area (Å²) in [6.07, 6.45) is 5.09. The summed E-state index contributed by atoms with van der Waals surface area (Å²) < 4.78 is 0.687. The molecule has 0 amide bonds. The highest BCUT2D eigenvalue weighted by atomic mass is 35.5. The number of carbonyl (C=O) groups is 1. The molecule has 1 aliphatic heterocycles. The minimum Gasteiger partial charge on any atom is -0.481 e. The lowest BCUT2D eigenvalue weighted by Crippen LogP contribution is -2.40. The van der Waals surface area contributed by atoms with Crippen LogP contribution >= 0.6 is 22.9 Å². The van der Waals surface area contributed by atoms with Crippen LogP contribution in [0.2, 0.25) is 4.34 Å². The first-order valence-electron chi connectivity index (χ1n) is 5.71. The third-order valence-corrected chi connectivity index (χ3v) is 4.12. The molecule has 0 bridgehead atoms. The van der Waals surface area contributed by atoms with Crippen LogP contribution in [0.25, 0.3) is 0 Å². The lowest BCUT2D eigenvalue weighted by Gasteiger charge is -2.34. The molecule has 0 saturated carbocycles. The zero-order chi connectivity index (χ0) is 12.3. The van der Waals surface area contributed by atoms with E-state index in [1.807, 2.05) is 0 Å². The molecule has 17 heavy (non-hydrogen) atoms. The molecule has 2 heterocycles. The van der Waals surface area contributed by atoms with Gasteiger partial charge in [0.2, 0.25) is 0 Å². The van der Waals surface area contributed by atoms with Gasteiger partial charge in [-0.3, -0.25) is 9.69 Å². The van der Waals surface area contributed by atoms with Crippen molar-refractivity contribution >= 4 is 28.9 Å². The lowest BCUT2D eigenvalue weighted by atomic mass is 9.99. The number of nitrogens with zero attached hydrogens (tertiary/aromatic N) is 2. The number of thiazole rings is 1. The van der Waals surface area contributed by atoms with Gasteiger partial charge in [0.1, 0.15) is 9.34 Å². The van der Waals surface area contributed by atoms with Crippen molar-refractivity contribution in [1.82, 2.24) is 9.88 Å². The molecule has 4 nitrogen and oxygen atoms in total. The molecule has 1 unspecified atom stereocenters. The van der Waals surface area contributed by atoms with Crippen LogP contribution in [0.15, 0.2) is 6.20 Å². The smallest absolute Gasteiger partial charge is 0.304 e. The second-order valence-electron chi connectivity index (χ2n) is 4.28. The normalized spacial score (nSPS) is 21.6. The van der Waals surface area contributed by atoms with E-state index >= 15 is 0 Å². The second-order valence-corrected chi connectivity index (χ2v) is 6.02. The van der Waals surface area contributed by atoms with Crippen LogP contribution in [0.1, 0.15) is 30.7 Å². The van der Waals surface area contributed by atoms with E-state index in [1.54, 1.807) is 6.20 Å². The van der Waals surface area contributed by atoms with E-state index in [2.05, 4.69) is 9.88 Å². The van der Waals surface area contributed by atoms with Crippen LogP contribution < -0.4 is 0 Å². The fourth-order valence-electron chi connectivity index (χ4n) is 2.24. The van der Waals surface area contributed by atoms with Crippen molar-refractivity contribution in [1.29, 1.82) is 0 Å². The van der Waals surface area contributed by atoms with Gasteiger partial charge in [0.25, 0.3) is 0 Å². The van der Waals surface area contributed by atoms with Crippen molar-refractivity contribution in [2.75, 3.05) is 6.54 Å². The Morgan fingerprint density at radius 3 is 3.12 bits per heavy atom. The van der Waals surface area contributed by atoms with Gasteiger partial charge in [-0.1, -0.05) is 18.0 Å². The zero-order valence-electron chi connectivity index (χ0n) is 9.43. The topological polar surface area (TPSA) is 53.4 Å². The van der Waals surface area contributed by atoms with Crippen LogP contribution in [0.3, 0.4) is 0 Å². The van der Waals surface area contributed by atoms with Crippen LogP contribution in [-0.4, -0.2) is 33.5 Å². The van der Waals surface area contributed by atoms with Gasteiger partial charge in [-0.2, -0.15) is 0 Å². The molecular weight excluding hydrogens is 260 g/mol. The molecule has 1 aliphatic rings. The molecule has 2 rings (SSSR count). The second kappa shape index (κ2) is 5.80. The highest BCUT2D eigenvalue weighted by Crippen LogP contribution is 2.25. The third kappa shape index (κ3) is 3.66. The van der Waals surface area contributed by atoms with E-state index in [0.717, 1.165) is 37.4 Å². The average Bonchev–Trinajstić information content (AvgIpc) is 2.66. The first-order valence-corrected chi connectivity index (χ1v) is 6.90. The molecule has 1 atom stereocenters. The Morgan fingerprint density at radius 1 is 1.65 bits per heavy atom. The molecule has 1 aromatic heterocycles. The standard InChI is InChI=1S/C11H15ClN2O2S/c12-9-6-13-10(17-9)7-14-4-2-1-3-8(14)5-11(15)16/h6,8H,1-5,7H2,(H,15,16). The number of likely N-dealkylation sites (tertiary alicyclic amines) is 1. The molecule has 0 radical (unpaired) electrons. The molecule has 0 aliphatic carbocycles. The summed E-state index contributed by atoms with van der Waals surface area (Å²) in [6.45, 7) is 1.67. The van der Waals surface area contributed by atoms with Crippen molar-refractivity contribution in [2.45, 2.75) is 38.3 Å². The van der Waals surface area contributed by atoms with Crippen molar-refractivity contribution in [3.05, 3.63) is 15.5 Å². The largest absolute Gasteiger partial charge is 0.481 e. The summed E-state index contributed by atoms with van der Waals surface area (Å²) in [5.74, 6) is -0.723. The summed E-state index contributed by atoms with van der Waals surface area (Å²) in [6, 6.07) is 0.143. The highest BCUT2D eigenvalue weighted by molar-refractivity contribution is 7.15. The number of carboxylic acid groups (broad SMARTS) is 1. The number of aliphatic carboxylic acids is 1. The monoisotopic (exact) mass is 274 g/mol. The fourth-order valence-corrected chi connectivity index (χ4v) is 3.22. The number of hydrogen-bond donors (Lipinski definition) is 1. The maximum atomic E-state index is 10.8. The predicted molar refractivity (Wildman–Crippen MR) is 67.4 cm³/mol. The van der Waals surface area contributed by atoms with Gasteiger partial charge >= 0.3 is 5.97 Å². The SMILES string of the molecule is O=C(O)CC1CCCCN1Cc1ncc(Cl)s1. The Kier molecular flexibility index (Phi) is 4.36. The molecule has 1 aromatic rings. The van der Waals surface area contributed by atoms with Gasteiger partial charge in [0.15, 0.2) is 0 Å². The van der Waals surface area contributed by atoms with Crippen molar-refractivity contribution in [3.63, 3.8) is 0 Å². The van der Waals surface area contributed by atoms with E-state index in [4.69, 9.17) is 16.7 Å². The molecule has 1 saturated heterocycles. The van der Waals surface area contributed by atoms with Crippen molar-refractivity contribution < 1.29 is 9.90 Å². The average molecular weight is 275 g/mol. The highest BCUT2D eigenvalue weighted by Gasteiger charge is 2.25. The quantitative estimate of drug-likeness (QED) is 0.917. The van der Waals surface area contributed by atoms with E-state index in [-0.39, 0.29) is 12.5 Å². The van der Waals surface area contributed by atoms with E-state index in [0.29, 0.717) is 4.34 Å². The molecule has 0 aromatic carbocycles. The lowest BCUT2D eigenvalue weighted by molar-refractivity contribution is -0.138. The van der Waals surface area contributed by atoms with Crippen molar-refractivity contribution in [3.8, 4) is 0 Å². The maximum Gasteiger partial charge on any atom is 0.304 e. The van der Waals surface area contributed by atoms with Gasteiger partial charge in [-0.05, 0) is 19.4 Å². The van der Waals surface area contributed by atoms with E-state index in [1.165, 1.54) is 11.3 Å². The first kappa shape index (κ1) is 12.8. The molecule has 94 valence electrons. The predicted octanol–water partition coefficient (Wildman–Crippen LogP) is 2.63. The number of aromatic nitrogens is 1. The van der Waals surface area contributed by atoms with E-state index in [9.17, 15) is 4.79 Å².